The molecule has 2 fully saturated rings. The Bertz CT molecular complexity index is 1510. The van der Waals surface area contributed by atoms with E-state index in [9.17, 15) is 24.5 Å². The van der Waals surface area contributed by atoms with Crippen molar-refractivity contribution in [1.29, 1.82) is 0 Å². The minimum Gasteiger partial charge on any atom is -0.353 e. The highest BCUT2D eigenvalue weighted by Crippen LogP contribution is 2.30. The molecule has 3 amide bonds. The molecule has 1 N–H and O–H groups in total. The number of hydrogen-bond donors (Lipinski definition) is 1. The molecule has 0 aliphatic carbocycles. The molecule has 2 saturated heterocycles. The molecule has 0 unspecified atom stereocenters. The molecule has 1 aromatic carbocycles. The lowest BCUT2D eigenvalue weighted by Crippen LogP contribution is -2.61. The number of nitrogens with one attached hydrogen (secondary N) is 1. The molecule has 3 aromatic rings. The van der Waals surface area contributed by atoms with Crippen molar-refractivity contribution in [2.24, 2.45) is 0 Å². The summed E-state index contributed by atoms with van der Waals surface area (Å²) in [4.78, 5) is 58.4. The van der Waals surface area contributed by atoms with Gasteiger partial charge in [0.15, 0.2) is 0 Å². The van der Waals surface area contributed by atoms with Crippen LogP contribution in [-0.2, 0) is 16.1 Å². The van der Waals surface area contributed by atoms with E-state index in [4.69, 9.17) is 0 Å². The molecule has 0 bridgehead atoms. The number of nitro groups is 1. The van der Waals surface area contributed by atoms with E-state index < -0.39 is 4.92 Å². The van der Waals surface area contributed by atoms with E-state index in [0.29, 0.717) is 56.3 Å². The van der Waals surface area contributed by atoms with Crippen molar-refractivity contribution in [3.63, 3.8) is 0 Å². The standard InChI is InChI=1S/C27H28BrN7O5/c1-3-25(37)33-14-19(15-33)30-24(36)16-34-17(2)26(21-12-18(28)4-6-22(21)34)27(38)32-10-8-31(9-11-32)23-7-5-20(13-29-23)35(39)40/h3-7,12-13,19H,1,8-11,14-16H2,2H3,(H,30,36). The minimum atomic E-state index is -0.485. The lowest BCUT2D eigenvalue weighted by Gasteiger charge is -2.38. The van der Waals surface area contributed by atoms with Crippen LogP contribution in [-0.4, -0.2) is 87.3 Å². The Morgan fingerprint density at radius 3 is 2.50 bits per heavy atom. The van der Waals surface area contributed by atoms with Crippen LogP contribution in [0.3, 0.4) is 0 Å². The highest BCUT2D eigenvalue weighted by Gasteiger charge is 2.32. The Morgan fingerprint density at radius 1 is 1.15 bits per heavy atom. The van der Waals surface area contributed by atoms with E-state index in [1.165, 1.54) is 18.3 Å². The molecule has 13 heteroatoms. The van der Waals surface area contributed by atoms with E-state index in [1.807, 2.05) is 34.6 Å². The number of likely N-dealkylation sites (tertiary alicyclic amines) is 1. The maximum absolute atomic E-state index is 13.8. The number of carbonyl (C=O) groups is 3. The summed E-state index contributed by atoms with van der Waals surface area (Å²) in [5, 5.41) is 14.6. The van der Waals surface area contributed by atoms with Crippen molar-refractivity contribution in [1.82, 2.24) is 24.7 Å². The van der Waals surface area contributed by atoms with Crippen LogP contribution < -0.4 is 10.2 Å². The quantitative estimate of drug-likeness (QED) is 0.247. The second-order valence-electron chi connectivity index (χ2n) is 9.83. The topological polar surface area (TPSA) is 134 Å². The first-order chi connectivity index (χ1) is 19.2. The maximum Gasteiger partial charge on any atom is 0.287 e. The van der Waals surface area contributed by atoms with Crippen LogP contribution in [0.1, 0.15) is 16.1 Å². The number of carbonyl (C=O) groups excluding carboxylic acids is 3. The van der Waals surface area contributed by atoms with Gasteiger partial charge in [0.1, 0.15) is 18.6 Å². The largest absolute Gasteiger partial charge is 0.353 e. The molecular formula is C27H28BrN7O5. The third kappa shape index (κ3) is 5.28. The summed E-state index contributed by atoms with van der Waals surface area (Å²) in [6.07, 6.45) is 2.50. The summed E-state index contributed by atoms with van der Waals surface area (Å²) in [7, 11) is 0. The molecule has 2 aromatic heterocycles. The van der Waals surface area contributed by atoms with Crippen molar-refractivity contribution < 1.29 is 19.3 Å². The van der Waals surface area contributed by atoms with Gasteiger partial charge in [0.05, 0.1) is 16.5 Å². The zero-order chi connectivity index (χ0) is 28.6. The molecule has 5 rings (SSSR count). The molecule has 0 spiro atoms. The number of aromatic nitrogens is 2. The van der Waals surface area contributed by atoms with Crippen LogP contribution in [0, 0.1) is 17.0 Å². The normalized spacial score (nSPS) is 15.6. The van der Waals surface area contributed by atoms with Gasteiger partial charge in [0, 0.05) is 66.4 Å². The monoisotopic (exact) mass is 609 g/mol. The molecule has 0 saturated carbocycles. The average Bonchev–Trinajstić information content (AvgIpc) is 3.19. The summed E-state index contributed by atoms with van der Waals surface area (Å²) in [5.74, 6) is 0.163. The first-order valence-electron chi connectivity index (χ1n) is 12.8. The van der Waals surface area contributed by atoms with E-state index in [2.05, 4.69) is 32.8 Å². The summed E-state index contributed by atoms with van der Waals surface area (Å²) in [6, 6.07) is 8.59. The number of amides is 3. The highest BCUT2D eigenvalue weighted by atomic mass is 79.9. The van der Waals surface area contributed by atoms with Crippen LogP contribution in [0.4, 0.5) is 11.5 Å². The van der Waals surface area contributed by atoms with Gasteiger partial charge in [-0.2, -0.15) is 0 Å². The van der Waals surface area contributed by atoms with Gasteiger partial charge in [-0.05, 0) is 37.3 Å². The second kappa shape index (κ2) is 11.1. The van der Waals surface area contributed by atoms with E-state index in [0.717, 1.165) is 15.4 Å². The fourth-order valence-corrected chi connectivity index (χ4v) is 5.56. The van der Waals surface area contributed by atoms with Gasteiger partial charge in [0.2, 0.25) is 11.8 Å². The number of anilines is 1. The third-order valence-corrected chi connectivity index (χ3v) is 7.86. The summed E-state index contributed by atoms with van der Waals surface area (Å²) >= 11 is 3.51. The number of piperazine rings is 1. The van der Waals surface area contributed by atoms with Crippen molar-refractivity contribution in [2.45, 2.75) is 19.5 Å². The van der Waals surface area contributed by atoms with Gasteiger partial charge in [-0.25, -0.2) is 4.98 Å². The Morgan fingerprint density at radius 2 is 1.88 bits per heavy atom. The Labute approximate surface area is 238 Å². The average molecular weight is 610 g/mol. The zero-order valence-electron chi connectivity index (χ0n) is 21.9. The summed E-state index contributed by atoms with van der Waals surface area (Å²) in [6.45, 7) is 8.25. The number of nitrogens with zero attached hydrogens (tertiary/aromatic N) is 6. The van der Waals surface area contributed by atoms with Gasteiger partial charge < -0.3 is 24.6 Å². The van der Waals surface area contributed by atoms with Crippen LogP contribution in [0.15, 0.2) is 53.7 Å². The molecular weight excluding hydrogens is 582 g/mol. The lowest BCUT2D eigenvalue weighted by molar-refractivity contribution is -0.385. The van der Waals surface area contributed by atoms with E-state index in [-0.39, 0.29) is 36.0 Å². The number of pyridine rings is 1. The lowest BCUT2D eigenvalue weighted by atomic mass is 10.1. The van der Waals surface area contributed by atoms with Gasteiger partial charge in [-0.3, -0.25) is 24.5 Å². The minimum absolute atomic E-state index is 0.0444. The van der Waals surface area contributed by atoms with E-state index in [1.54, 1.807) is 15.9 Å². The Hall–Kier alpha value is -4.26. The molecule has 2 aliphatic heterocycles. The van der Waals surface area contributed by atoms with Crippen LogP contribution in [0.25, 0.3) is 10.9 Å². The van der Waals surface area contributed by atoms with Gasteiger partial charge in [-0.15, -0.1) is 0 Å². The number of halogens is 1. The van der Waals surface area contributed by atoms with Gasteiger partial charge in [0.25, 0.3) is 11.6 Å². The zero-order valence-corrected chi connectivity index (χ0v) is 23.5. The van der Waals surface area contributed by atoms with Gasteiger partial charge in [-0.1, -0.05) is 22.5 Å². The number of rotatable bonds is 7. The first-order valence-corrected chi connectivity index (χ1v) is 13.6. The molecule has 12 nitrogen and oxygen atoms in total. The van der Waals surface area contributed by atoms with Crippen LogP contribution >= 0.6 is 15.9 Å². The fourth-order valence-electron chi connectivity index (χ4n) is 5.19. The SMILES string of the molecule is C=CC(=O)N1CC(NC(=O)Cn2c(C)c(C(=O)N3CCN(c4ccc([N+](=O)[O-])cn4)CC3)c3cc(Br)ccc32)C1. The summed E-state index contributed by atoms with van der Waals surface area (Å²) < 4.78 is 2.68. The molecule has 208 valence electrons. The molecule has 2 aliphatic rings. The number of hydrogen-bond acceptors (Lipinski definition) is 7. The molecule has 40 heavy (non-hydrogen) atoms. The maximum atomic E-state index is 13.8. The van der Waals surface area contributed by atoms with Crippen LogP contribution in [0.5, 0.6) is 0 Å². The van der Waals surface area contributed by atoms with Crippen LogP contribution in [0.2, 0.25) is 0 Å². The Kier molecular flexibility index (Phi) is 7.57. The van der Waals surface area contributed by atoms with Crippen molar-refractivity contribution in [3.05, 3.63) is 75.0 Å². The Balaban J connectivity index is 1.30. The molecule has 4 heterocycles. The third-order valence-electron chi connectivity index (χ3n) is 7.37. The highest BCUT2D eigenvalue weighted by molar-refractivity contribution is 9.10. The molecule has 0 atom stereocenters. The first kappa shape index (κ1) is 27.3. The van der Waals surface area contributed by atoms with Crippen molar-refractivity contribution in [3.8, 4) is 0 Å². The fraction of sp³-hybridized carbons (Fsp3) is 0.333. The number of benzene rings is 1. The predicted molar refractivity (Wildman–Crippen MR) is 152 cm³/mol. The predicted octanol–water partition coefficient (Wildman–Crippen LogP) is 2.49. The smallest absolute Gasteiger partial charge is 0.287 e. The second-order valence-corrected chi connectivity index (χ2v) is 10.7. The van der Waals surface area contributed by atoms with Crippen molar-refractivity contribution >= 4 is 56.1 Å². The molecule has 0 radical (unpaired) electrons. The number of fused-ring (bicyclic) bond motifs is 1. The van der Waals surface area contributed by atoms with Gasteiger partial charge >= 0.3 is 0 Å². The van der Waals surface area contributed by atoms with Crippen molar-refractivity contribution in [2.75, 3.05) is 44.2 Å². The van der Waals surface area contributed by atoms with E-state index >= 15 is 0 Å². The summed E-state index contributed by atoms with van der Waals surface area (Å²) in [5.41, 5.74) is 1.97.